The molecule has 1 amide bonds. The minimum Gasteiger partial charge on any atom is -0.370 e. The highest BCUT2D eigenvalue weighted by Crippen LogP contribution is 2.35. The number of alkyl halides is 2. The van der Waals surface area contributed by atoms with Crippen LogP contribution in [-0.2, 0) is 4.79 Å². The summed E-state index contributed by atoms with van der Waals surface area (Å²) in [5.74, 6) is -3.91. The second kappa shape index (κ2) is 2.76. The minimum atomic E-state index is -3.11. The van der Waals surface area contributed by atoms with Crippen LogP contribution in [0.5, 0.6) is 0 Å². The highest BCUT2D eigenvalue weighted by Gasteiger charge is 2.47. The van der Waals surface area contributed by atoms with Crippen molar-refractivity contribution in [3.05, 3.63) is 0 Å². The zero-order valence-corrected chi connectivity index (χ0v) is 6.63. The molecule has 70 valence electrons. The first-order valence-electron chi connectivity index (χ1n) is 3.53. The average molecular weight is 187 g/mol. The molecule has 0 aliphatic carbocycles. The molecule has 0 unspecified atom stereocenters. The number of aliphatic imine (C=N–C) groups is 1. The molecule has 6 heteroatoms. The number of amides is 1. The molecule has 0 saturated heterocycles. The van der Waals surface area contributed by atoms with Crippen LogP contribution in [0.4, 0.5) is 8.78 Å². The number of carbonyl (C=O) groups is 1. The Labute approximate surface area is 73.0 Å². The molecule has 0 spiro atoms. The lowest BCUT2D eigenvalue weighted by Gasteiger charge is -2.15. The van der Waals surface area contributed by atoms with E-state index in [2.05, 4.69) is 4.99 Å². The second-order valence-corrected chi connectivity index (χ2v) is 2.98. The summed E-state index contributed by atoms with van der Waals surface area (Å²) in [6.07, 6.45) is -0.825. The third-order valence-electron chi connectivity index (χ3n) is 1.70. The van der Waals surface area contributed by atoms with E-state index < -0.39 is 30.2 Å². The standard InChI is InChI=1S/C7H7F2N3O/c8-7(9)2-6(3-10,12-4-7)1-5(11)13/h4H,1-2H2,(H2,11,13)/t6-/m0/s1. The van der Waals surface area contributed by atoms with Crippen LogP contribution in [-0.4, -0.2) is 23.6 Å². The first-order chi connectivity index (χ1) is 5.89. The predicted octanol–water partition coefficient (Wildman–Crippen LogP) is 0.234. The lowest BCUT2D eigenvalue weighted by Crippen LogP contribution is -2.32. The summed E-state index contributed by atoms with van der Waals surface area (Å²) in [6, 6.07) is 1.59. The van der Waals surface area contributed by atoms with E-state index in [9.17, 15) is 13.6 Å². The lowest BCUT2D eigenvalue weighted by molar-refractivity contribution is -0.118. The van der Waals surface area contributed by atoms with Gasteiger partial charge in [-0.3, -0.25) is 9.79 Å². The summed E-state index contributed by atoms with van der Waals surface area (Å²) in [4.78, 5) is 13.8. The van der Waals surface area contributed by atoms with Crippen molar-refractivity contribution in [2.75, 3.05) is 0 Å². The van der Waals surface area contributed by atoms with Gasteiger partial charge in [0.1, 0.15) is 0 Å². The Morgan fingerprint density at radius 3 is 2.69 bits per heavy atom. The summed E-state index contributed by atoms with van der Waals surface area (Å²) in [6.45, 7) is 0. The molecule has 1 aliphatic heterocycles. The molecule has 0 bridgehead atoms. The minimum absolute atomic E-state index is 0.402. The largest absolute Gasteiger partial charge is 0.370 e. The molecule has 0 fully saturated rings. The SMILES string of the molecule is N#C[C@]1(CC(N)=O)CC(F)(F)C=N1. The van der Waals surface area contributed by atoms with Crippen LogP contribution in [0.15, 0.2) is 4.99 Å². The van der Waals surface area contributed by atoms with Crippen LogP contribution < -0.4 is 5.73 Å². The maximum atomic E-state index is 12.6. The highest BCUT2D eigenvalue weighted by atomic mass is 19.3. The van der Waals surface area contributed by atoms with Crippen LogP contribution in [0.2, 0.25) is 0 Å². The Hall–Kier alpha value is -1.51. The molecule has 1 heterocycles. The van der Waals surface area contributed by atoms with Crippen molar-refractivity contribution in [2.45, 2.75) is 24.3 Å². The normalized spacial score (nSPS) is 29.9. The molecule has 0 saturated carbocycles. The molecular formula is C7H7F2N3O. The number of nitriles is 1. The zero-order valence-electron chi connectivity index (χ0n) is 6.63. The Kier molecular flexibility index (Phi) is 2.04. The highest BCUT2D eigenvalue weighted by molar-refractivity contribution is 5.79. The molecule has 4 nitrogen and oxygen atoms in total. The molecule has 0 aromatic rings. The summed E-state index contributed by atoms with van der Waals surface area (Å²) < 4.78 is 25.2. The maximum absolute atomic E-state index is 12.6. The number of hydrogen-bond donors (Lipinski definition) is 1. The van der Waals surface area contributed by atoms with Crippen LogP contribution in [0, 0.1) is 11.3 Å². The first-order valence-corrected chi connectivity index (χ1v) is 3.53. The number of halogens is 2. The molecule has 1 atom stereocenters. The van der Waals surface area contributed by atoms with E-state index in [1.165, 1.54) is 0 Å². The van der Waals surface area contributed by atoms with Crippen molar-refractivity contribution >= 4 is 12.1 Å². The van der Waals surface area contributed by atoms with E-state index in [1.807, 2.05) is 0 Å². The van der Waals surface area contributed by atoms with Crippen LogP contribution in [0.1, 0.15) is 12.8 Å². The van der Waals surface area contributed by atoms with E-state index >= 15 is 0 Å². The molecule has 13 heavy (non-hydrogen) atoms. The van der Waals surface area contributed by atoms with Gasteiger partial charge in [-0.2, -0.15) is 5.26 Å². The van der Waals surface area contributed by atoms with Gasteiger partial charge in [0.05, 0.1) is 25.1 Å². The fourth-order valence-electron chi connectivity index (χ4n) is 1.20. The summed E-state index contributed by atoms with van der Waals surface area (Å²) in [7, 11) is 0. The fourth-order valence-corrected chi connectivity index (χ4v) is 1.20. The second-order valence-electron chi connectivity index (χ2n) is 2.98. The van der Waals surface area contributed by atoms with Gasteiger partial charge in [-0.15, -0.1) is 0 Å². The van der Waals surface area contributed by atoms with Gasteiger partial charge in [0.2, 0.25) is 5.91 Å². The number of rotatable bonds is 2. The third kappa shape index (κ3) is 1.99. The zero-order chi connectivity index (χ0) is 10.1. The van der Waals surface area contributed by atoms with E-state index in [-0.39, 0.29) is 0 Å². The van der Waals surface area contributed by atoms with Gasteiger partial charge in [0.25, 0.3) is 5.92 Å². The quantitative estimate of drug-likeness (QED) is 0.671. The maximum Gasteiger partial charge on any atom is 0.286 e. The van der Waals surface area contributed by atoms with Gasteiger partial charge >= 0.3 is 0 Å². The molecule has 0 aromatic heterocycles. The summed E-state index contributed by atoms with van der Waals surface area (Å²) in [5, 5.41) is 8.59. The number of carbonyl (C=O) groups excluding carboxylic acids is 1. The molecule has 2 N–H and O–H groups in total. The van der Waals surface area contributed by atoms with Crippen molar-refractivity contribution in [3.63, 3.8) is 0 Å². The van der Waals surface area contributed by atoms with Gasteiger partial charge in [0, 0.05) is 0 Å². The predicted molar refractivity (Wildman–Crippen MR) is 40.2 cm³/mol. The van der Waals surface area contributed by atoms with Gasteiger partial charge < -0.3 is 5.73 Å². The molecule has 0 radical (unpaired) electrons. The molecule has 0 aromatic carbocycles. The monoisotopic (exact) mass is 187 g/mol. The van der Waals surface area contributed by atoms with Crippen LogP contribution >= 0.6 is 0 Å². The number of nitrogens with zero attached hydrogens (tertiary/aromatic N) is 2. The van der Waals surface area contributed by atoms with Gasteiger partial charge in [-0.05, 0) is 0 Å². The van der Waals surface area contributed by atoms with Crippen molar-refractivity contribution in [1.82, 2.24) is 0 Å². The Morgan fingerprint density at radius 2 is 2.38 bits per heavy atom. The Bertz CT molecular complexity index is 307. The van der Waals surface area contributed by atoms with Crippen molar-refractivity contribution in [2.24, 2.45) is 10.7 Å². The summed E-state index contributed by atoms with van der Waals surface area (Å²) in [5.41, 5.74) is 3.16. The molecular weight excluding hydrogens is 180 g/mol. The van der Waals surface area contributed by atoms with Crippen molar-refractivity contribution in [1.29, 1.82) is 5.26 Å². The Morgan fingerprint density at radius 1 is 1.77 bits per heavy atom. The Balaban J connectivity index is 2.84. The van der Waals surface area contributed by atoms with E-state index in [0.29, 0.717) is 6.21 Å². The lowest BCUT2D eigenvalue weighted by atomic mass is 9.93. The smallest absolute Gasteiger partial charge is 0.286 e. The molecule has 1 aliphatic rings. The van der Waals surface area contributed by atoms with Crippen molar-refractivity contribution in [3.8, 4) is 6.07 Å². The van der Waals surface area contributed by atoms with Gasteiger partial charge in [-0.1, -0.05) is 0 Å². The van der Waals surface area contributed by atoms with E-state index in [0.717, 1.165) is 0 Å². The van der Waals surface area contributed by atoms with Crippen molar-refractivity contribution < 1.29 is 13.6 Å². The van der Waals surface area contributed by atoms with Gasteiger partial charge in [-0.25, -0.2) is 8.78 Å². The van der Waals surface area contributed by atoms with Crippen LogP contribution in [0.25, 0.3) is 0 Å². The molecule has 1 rings (SSSR count). The number of primary amides is 1. The fraction of sp³-hybridized carbons (Fsp3) is 0.571. The number of hydrogen-bond acceptors (Lipinski definition) is 3. The van der Waals surface area contributed by atoms with Crippen LogP contribution in [0.3, 0.4) is 0 Å². The summed E-state index contributed by atoms with van der Waals surface area (Å²) >= 11 is 0. The number of nitrogens with two attached hydrogens (primary N) is 1. The first kappa shape index (κ1) is 9.58. The topological polar surface area (TPSA) is 79.2 Å². The third-order valence-corrected chi connectivity index (χ3v) is 1.70. The van der Waals surface area contributed by atoms with E-state index in [1.54, 1.807) is 6.07 Å². The van der Waals surface area contributed by atoms with Gasteiger partial charge in [0.15, 0.2) is 5.54 Å². The average Bonchev–Trinajstić information content (AvgIpc) is 2.26. The van der Waals surface area contributed by atoms with E-state index in [4.69, 9.17) is 11.0 Å².